The average Bonchev–Trinajstić information content (AvgIpc) is 2.95. The third kappa shape index (κ3) is 3.18. The Morgan fingerprint density at radius 1 is 1.42 bits per heavy atom. The van der Waals surface area contributed by atoms with Crippen molar-refractivity contribution >= 4 is 23.2 Å². The molecule has 8 heteroatoms. The summed E-state index contributed by atoms with van der Waals surface area (Å²) in [5, 5.41) is 7.23. The number of nitrogens with zero attached hydrogens (tertiary/aromatic N) is 4. The summed E-state index contributed by atoms with van der Waals surface area (Å²) in [6, 6.07) is 3.84. The molecule has 8 nitrogen and oxygen atoms in total. The van der Waals surface area contributed by atoms with Crippen LogP contribution in [0.15, 0.2) is 24.5 Å². The van der Waals surface area contributed by atoms with Crippen LogP contribution in [0.1, 0.15) is 30.1 Å². The molecule has 1 aliphatic heterocycles. The predicted molar refractivity (Wildman–Crippen MR) is 93.3 cm³/mol. The van der Waals surface area contributed by atoms with E-state index in [4.69, 9.17) is 11.5 Å². The molecule has 0 spiro atoms. The topological polar surface area (TPSA) is 115 Å². The maximum atomic E-state index is 11.7. The summed E-state index contributed by atoms with van der Waals surface area (Å²) in [4.78, 5) is 18.5. The highest BCUT2D eigenvalue weighted by molar-refractivity contribution is 5.98. The summed E-state index contributed by atoms with van der Waals surface area (Å²) >= 11 is 0. The first-order chi connectivity index (χ1) is 11.5. The van der Waals surface area contributed by atoms with Gasteiger partial charge in [-0.1, -0.05) is 0 Å². The number of nitrogens with two attached hydrogens (primary N) is 2. The Morgan fingerprint density at radius 3 is 2.88 bits per heavy atom. The first-order valence-corrected chi connectivity index (χ1v) is 8.04. The Morgan fingerprint density at radius 2 is 2.21 bits per heavy atom. The van der Waals surface area contributed by atoms with E-state index in [1.165, 1.54) is 0 Å². The highest BCUT2D eigenvalue weighted by Gasteiger charge is 2.27. The van der Waals surface area contributed by atoms with Gasteiger partial charge in [-0.25, -0.2) is 4.98 Å². The molecule has 1 aliphatic rings. The second-order valence-electron chi connectivity index (χ2n) is 6.20. The molecule has 128 valence electrons. The molecule has 3 rings (SSSR count). The third-order valence-electron chi connectivity index (χ3n) is 4.46. The second kappa shape index (κ2) is 6.48. The second-order valence-corrected chi connectivity index (χ2v) is 6.20. The molecule has 0 unspecified atom stereocenters. The summed E-state index contributed by atoms with van der Waals surface area (Å²) in [5.41, 5.74) is 12.7. The van der Waals surface area contributed by atoms with Crippen LogP contribution in [0.25, 0.3) is 0 Å². The van der Waals surface area contributed by atoms with E-state index >= 15 is 0 Å². The van der Waals surface area contributed by atoms with Gasteiger partial charge in [0, 0.05) is 31.9 Å². The number of amides is 1. The molecule has 0 saturated carbocycles. The van der Waals surface area contributed by atoms with Crippen LogP contribution in [-0.2, 0) is 7.05 Å². The fraction of sp³-hybridized carbons (Fsp3) is 0.438. The number of rotatable bonds is 4. The molecule has 0 bridgehead atoms. The molecule has 2 aromatic heterocycles. The van der Waals surface area contributed by atoms with Gasteiger partial charge in [-0.05, 0) is 31.9 Å². The Balaban J connectivity index is 1.94. The number of piperidine rings is 1. The average molecular weight is 329 g/mol. The lowest BCUT2D eigenvalue weighted by atomic mass is 9.98. The number of carbonyl (C=O) groups excluding carboxylic acids is 1. The zero-order valence-electron chi connectivity index (χ0n) is 13.9. The maximum absolute atomic E-state index is 11.7. The molecule has 1 saturated heterocycles. The predicted octanol–water partition coefficient (Wildman–Crippen LogP) is 0.974. The fourth-order valence-corrected chi connectivity index (χ4v) is 3.02. The smallest absolute Gasteiger partial charge is 0.252 e. The number of pyridine rings is 1. The summed E-state index contributed by atoms with van der Waals surface area (Å²) in [5.74, 6) is 0.692. The van der Waals surface area contributed by atoms with Gasteiger partial charge in [-0.15, -0.1) is 0 Å². The van der Waals surface area contributed by atoms with E-state index in [-0.39, 0.29) is 12.1 Å². The van der Waals surface area contributed by atoms with E-state index in [2.05, 4.69) is 27.2 Å². The first-order valence-electron chi connectivity index (χ1n) is 8.04. The van der Waals surface area contributed by atoms with Gasteiger partial charge in [0.15, 0.2) is 0 Å². The largest absolute Gasteiger partial charge is 0.365 e. The van der Waals surface area contributed by atoms with Gasteiger partial charge in [0.25, 0.3) is 5.91 Å². The van der Waals surface area contributed by atoms with Crippen LogP contribution in [0.3, 0.4) is 0 Å². The number of aromatic nitrogens is 3. The highest BCUT2D eigenvalue weighted by Crippen LogP contribution is 2.26. The molecule has 0 aliphatic carbocycles. The summed E-state index contributed by atoms with van der Waals surface area (Å²) < 4.78 is 1.67. The molecule has 24 heavy (non-hydrogen) atoms. The standard InChI is InChI=1S/C16H23N7O/c1-10-13(17)4-3-7-23(10)14-6-5-12(15(18)24)16(21-14)20-11-8-19-22(2)9-11/h5-6,8-10,13H,3-4,7,17H2,1-2H3,(H2,18,24)(H,20,21)/t10-,13-/m1/s1. The van der Waals surface area contributed by atoms with Crippen molar-refractivity contribution in [3.05, 3.63) is 30.1 Å². The van der Waals surface area contributed by atoms with Crippen molar-refractivity contribution < 1.29 is 4.79 Å². The molecule has 2 atom stereocenters. The van der Waals surface area contributed by atoms with Crippen LogP contribution in [0.5, 0.6) is 0 Å². The van der Waals surface area contributed by atoms with Crippen LogP contribution in [0.2, 0.25) is 0 Å². The van der Waals surface area contributed by atoms with Crippen LogP contribution in [0, 0.1) is 0 Å². The van der Waals surface area contributed by atoms with Crippen molar-refractivity contribution in [2.45, 2.75) is 31.8 Å². The minimum absolute atomic E-state index is 0.117. The zero-order valence-corrected chi connectivity index (χ0v) is 13.9. The number of aryl methyl sites for hydroxylation is 1. The molecule has 1 amide bonds. The van der Waals surface area contributed by atoms with Crippen molar-refractivity contribution in [3.63, 3.8) is 0 Å². The molecule has 0 aromatic carbocycles. The van der Waals surface area contributed by atoms with Crippen LogP contribution in [0.4, 0.5) is 17.3 Å². The molecule has 1 fully saturated rings. The minimum Gasteiger partial charge on any atom is -0.365 e. The SMILES string of the molecule is C[C@@H]1[C@H](N)CCCN1c1ccc(C(N)=O)c(Nc2cnn(C)c2)n1. The van der Waals surface area contributed by atoms with Crippen molar-refractivity contribution in [1.29, 1.82) is 0 Å². The summed E-state index contributed by atoms with van der Waals surface area (Å²) in [6.45, 7) is 2.99. The number of anilines is 3. The normalized spacial score (nSPS) is 20.9. The lowest BCUT2D eigenvalue weighted by Gasteiger charge is -2.38. The lowest BCUT2D eigenvalue weighted by Crippen LogP contribution is -2.50. The minimum atomic E-state index is -0.524. The van der Waals surface area contributed by atoms with Gasteiger partial charge >= 0.3 is 0 Å². The number of hydrogen-bond acceptors (Lipinski definition) is 6. The lowest BCUT2D eigenvalue weighted by molar-refractivity contribution is 0.100. The monoisotopic (exact) mass is 329 g/mol. The third-order valence-corrected chi connectivity index (χ3v) is 4.46. The number of carbonyl (C=O) groups is 1. The quantitative estimate of drug-likeness (QED) is 0.770. The van der Waals surface area contributed by atoms with E-state index in [0.717, 1.165) is 30.9 Å². The Labute approximate surface area is 140 Å². The van der Waals surface area contributed by atoms with Crippen molar-refractivity contribution in [1.82, 2.24) is 14.8 Å². The van der Waals surface area contributed by atoms with Gasteiger partial charge < -0.3 is 21.7 Å². The first kappa shape index (κ1) is 16.3. The van der Waals surface area contributed by atoms with Crippen molar-refractivity contribution in [2.75, 3.05) is 16.8 Å². The van der Waals surface area contributed by atoms with Gasteiger partial charge in [-0.2, -0.15) is 5.10 Å². The van der Waals surface area contributed by atoms with E-state index < -0.39 is 5.91 Å². The van der Waals surface area contributed by atoms with Crippen LogP contribution in [-0.4, -0.2) is 39.3 Å². The Bertz CT molecular complexity index is 742. The molecule has 2 aromatic rings. The summed E-state index contributed by atoms with van der Waals surface area (Å²) in [7, 11) is 1.82. The molecule has 5 N–H and O–H groups in total. The highest BCUT2D eigenvalue weighted by atomic mass is 16.1. The molecule has 3 heterocycles. The summed E-state index contributed by atoms with van der Waals surface area (Å²) in [6.07, 6.45) is 5.51. The van der Waals surface area contributed by atoms with E-state index in [0.29, 0.717) is 11.4 Å². The van der Waals surface area contributed by atoms with Crippen LogP contribution < -0.4 is 21.7 Å². The van der Waals surface area contributed by atoms with Gasteiger partial charge in [0.1, 0.15) is 11.6 Å². The number of nitrogens with one attached hydrogen (secondary N) is 1. The molecular formula is C16H23N7O. The van der Waals surface area contributed by atoms with Crippen molar-refractivity contribution in [2.24, 2.45) is 18.5 Å². The fourth-order valence-electron chi connectivity index (χ4n) is 3.02. The number of primary amides is 1. The van der Waals surface area contributed by atoms with E-state index in [9.17, 15) is 4.79 Å². The van der Waals surface area contributed by atoms with Gasteiger partial charge in [0.05, 0.1) is 17.4 Å². The Kier molecular flexibility index (Phi) is 4.39. The molecular weight excluding hydrogens is 306 g/mol. The number of hydrogen-bond donors (Lipinski definition) is 3. The Hall–Kier alpha value is -2.61. The van der Waals surface area contributed by atoms with Crippen molar-refractivity contribution in [3.8, 4) is 0 Å². The molecule has 0 radical (unpaired) electrons. The van der Waals surface area contributed by atoms with Gasteiger partial charge in [-0.3, -0.25) is 9.48 Å². The van der Waals surface area contributed by atoms with E-state index in [1.807, 2.05) is 13.1 Å². The van der Waals surface area contributed by atoms with Gasteiger partial charge in [0.2, 0.25) is 0 Å². The van der Waals surface area contributed by atoms with E-state index in [1.54, 1.807) is 23.1 Å². The zero-order chi connectivity index (χ0) is 17.3. The maximum Gasteiger partial charge on any atom is 0.252 e. The van der Waals surface area contributed by atoms with Crippen LogP contribution >= 0.6 is 0 Å².